The van der Waals surface area contributed by atoms with E-state index in [9.17, 15) is 0 Å². The van der Waals surface area contributed by atoms with Gasteiger partial charge in [-0.2, -0.15) is 4.98 Å². The topological polar surface area (TPSA) is 99.1 Å². The van der Waals surface area contributed by atoms with Gasteiger partial charge in [0.05, 0.1) is 18.3 Å². The maximum Gasteiger partial charge on any atom is 0.242 e. The van der Waals surface area contributed by atoms with Crippen molar-refractivity contribution in [2.45, 2.75) is 33.7 Å². The van der Waals surface area contributed by atoms with Crippen LogP contribution in [-0.4, -0.2) is 21.7 Å². The SMILES string of the molecule is CCOc1ncnc(NC(C)c2c(C)noc2C)c1N. The van der Waals surface area contributed by atoms with Crippen LogP contribution in [0.4, 0.5) is 11.5 Å². The molecule has 0 aliphatic carbocycles. The molecule has 0 aromatic carbocycles. The second-order valence-electron chi connectivity index (χ2n) is 4.48. The summed E-state index contributed by atoms with van der Waals surface area (Å²) in [5.41, 5.74) is 8.24. The molecule has 7 nitrogen and oxygen atoms in total. The minimum Gasteiger partial charge on any atom is -0.476 e. The zero-order valence-electron chi connectivity index (χ0n) is 12.1. The Labute approximate surface area is 117 Å². The van der Waals surface area contributed by atoms with Crippen molar-refractivity contribution in [3.05, 3.63) is 23.3 Å². The monoisotopic (exact) mass is 277 g/mol. The van der Waals surface area contributed by atoms with Crippen molar-refractivity contribution in [1.82, 2.24) is 15.1 Å². The molecule has 7 heteroatoms. The normalized spacial score (nSPS) is 12.2. The van der Waals surface area contributed by atoms with Gasteiger partial charge in [-0.1, -0.05) is 5.16 Å². The number of hydrogen-bond acceptors (Lipinski definition) is 7. The molecule has 1 unspecified atom stereocenters. The summed E-state index contributed by atoms with van der Waals surface area (Å²) in [6, 6.07) is -0.0343. The van der Waals surface area contributed by atoms with E-state index in [1.807, 2.05) is 27.7 Å². The summed E-state index contributed by atoms with van der Waals surface area (Å²) in [5.74, 6) is 1.70. The predicted octanol–water partition coefficient (Wildman–Crippen LogP) is 2.24. The average molecular weight is 277 g/mol. The summed E-state index contributed by atoms with van der Waals surface area (Å²) >= 11 is 0. The smallest absolute Gasteiger partial charge is 0.242 e. The van der Waals surface area contributed by atoms with Crippen molar-refractivity contribution >= 4 is 11.5 Å². The van der Waals surface area contributed by atoms with Gasteiger partial charge in [0.15, 0.2) is 5.82 Å². The average Bonchev–Trinajstić information content (AvgIpc) is 2.74. The largest absolute Gasteiger partial charge is 0.476 e. The second-order valence-corrected chi connectivity index (χ2v) is 4.48. The van der Waals surface area contributed by atoms with Crippen LogP contribution >= 0.6 is 0 Å². The third-order valence-corrected chi connectivity index (χ3v) is 3.00. The third kappa shape index (κ3) is 2.66. The van der Waals surface area contributed by atoms with Gasteiger partial charge in [-0.05, 0) is 27.7 Å². The van der Waals surface area contributed by atoms with Crippen LogP contribution in [0, 0.1) is 13.8 Å². The van der Waals surface area contributed by atoms with E-state index in [0.29, 0.717) is 24.0 Å². The highest BCUT2D eigenvalue weighted by Crippen LogP contribution is 2.29. The molecule has 0 bridgehead atoms. The number of nitrogens with two attached hydrogens (primary N) is 1. The number of aryl methyl sites for hydroxylation is 2. The van der Waals surface area contributed by atoms with Crippen LogP contribution < -0.4 is 15.8 Å². The maximum absolute atomic E-state index is 6.00. The lowest BCUT2D eigenvalue weighted by atomic mass is 10.1. The Hall–Kier alpha value is -2.31. The Morgan fingerprint density at radius 2 is 2.15 bits per heavy atom. The van der Waals surface area contributed by atoms with Gasteiger partial charge < -0.3 is 20.3 Å². The van der Waals surface area contributed by atoms with Gasteiger partial charge in [0.25, 0.3) is 0 Å². The number of nitrogens with one attached hydrogen (secondary N) is 1. The zero-order chi connectivity index (χ0) is 14.7. The van der Waals surface area contributed by atoms with E-state index in [4.69, 9.17) is 15.0 Å². The summed E-state index contributed by atoms with van der Waals surface area (Å²) < 4.78 is 10.5. The van der Waals surface area contributed by atoms with Crippen molar-refractivity contribution in [3.63, 3.8) is 0 Å². The zero-order valence-corrected chi connectivity index (χ0v) is 12.1. The lowest BCUT2D eigenvalue weighted by Crippen LogP contribution is -2.12. The molecule has 2 aromatic rings. The van der Waals surface area contributed by atoms with Gasteiger partial charge in [-0.25, -0.2) is 4.98 Å². The number of anilines is 2. The molecule has 108 valence electrons. The summed E-state index contributed by atoms with van der Waals surface area (Å²) in [4.78, 5) is 8.16. The van der Waals surface area contributed by atoms with E-state index in [1.165, 1.54) is 6.33 Å². The molecule has 2 aromatic heterocycles. The fourth-order valence-electron chi connectivity index (χ4n) is 2.13. The molecule has 2 heterocycles. The van der Waals surface area contributed by atoms with Gasteiger partial charge in [0.2, 0.25) is 5.88 Å². The standard InChI is InChI=1S/C13H19N5O2/c1-5-19-13-11(14)12(15-6-16-13)17-7(2)10-8(3)18-20-9(10)4/h6-7H,5,14H2,1-4H3,(H,15,16,17). The Kier molecular flexibility index (Phi) is 4.07. The highest BCUT2D eigenvalue weighted by molar-refractivity contribution is 5.67. The lowest BCUT2D eigenvalue weighted by molar-refractivity contribution is 0.328. The minimum absolute atomic E-state index is 0.0343. The second kappa shape index (κ2) is 5.77. The molecule has 0 aliphatic rings. The van der Waals surface area contributed by atoms with Gasteiger partial charge in [0, 0.05) is 5.56 Å². The van der Waals surface area contributed by atoms with Gasteiger partial charge in [-0.3, -0.25) is 0 Å². The predicted molar refractivity (Wildman–Crippen MR) is 75.6 cm³/mol. The van der Waals surface area contributed by atoms with Gasteiger partial charge in [-0.15, -0.1) is 0 Å². The third-order valence-electron chi connectivity index (χ3n) is 3.00. The first-order valence-electron chi connectivity index (χ1n) is 6.47. The number of nitrogens with zero attached hydrogens (tertiary/aromatic N) is 3. The summed E-state index contributed by atoms with van der Waals surface area (Å²) in [5, 5.41) is 7.18. The van der Waals surface area contributed by atoms with Crippen LogP contribution in [0.15, 0.2) is 10.9 Å². The first-order valence-corrected chi connectivity index (χ1v) is 6.47. The molecule has 0 spiro atoms. The van der Waals surface area contributed by atoms with Crippen molar-refractivity contribution in [3.8, 4) is 5.88 Å². The molecule has 20 heavy (non-hydrogen) atoms. The molecule has 1 atom stereocenters. The molecule has 2 rings (SSSR count). The summed E-state index contributed by atoms with van der Waals surface area (Å²) in [7, 11) is 0. The molecular formula is C13H19N5O2. The van der Waals surface area contributed by atoms with Crippen molar-refractivity contribution in [2.75, 3.05) is 17.7 Å². The first kappa shape index (κ1) is 14.1. The molecule has 0 fully saturated rings. The summed E-state index contributed by atoms with van der Waals surface area (Å²) in [6.45, 7) is 8.15. The number of ether oxygens (including phenoxy) is 1. The number of rotatable bonds is 5. The number of hydrogen-bond donors (Lipinski definition) is 2. The van der Waals surface area contributed by atoms with Crippen LogP contribution in [0.3, 0.4) is 0 Å². The van der Waals surface area contributed by atoms with E-state index >= 15 is 0 Å². The molecular weight excluding hydrogens is 258 g/mol. The quantitative estimate of drug-likeness (QED) is 0.864. The number of nitrogen functional groups attached to an aromatic ring is 1. The van der Waals surface area contributed by atoms with Crippen molar-refractivity contribution < 1.29 is 9.26 Å². The fraction of sp³-hybridized carbons (Fsp3) is 0.462. The minimum atomic E-state index is -0.0343. The Balaban J connectivity index is 2.24. The van der Waals surface area contributed by atoms with E-state index in [0.717, 1.165) is 17.0 Å². The number of aromatic nitrogens is 3. The maximum atomic E-state index is 6.00. The molecule has 3 N–H and O–H groups in total. The Bertz CT molecular complexity index is 577. The van der Waals surface area contributed by atoms with Crippen LogP contribution in [0.5, 0.6) is 5.88 Å². The van der Waals surface area contributed by atoms with Gasteiger partial charge >= 0.3 is 0 Å². The Morgan fingerprint density at radius 3 is 2.75 bits per heavy atom. The van der Waals surface area contributed by atoms with Crippen LogP contribution in [0.2, 0.25) is 0 Å². The van der Waals surface area contributed by atoms with E-state index < -0.39 is 0 Å². The summed E-state index contributed by atoms with van der Waals surface area (Å²) in [6.07, 6.45) is 1.42. The molecule has 0 aliphatic heterocycles. The molecule has 0 amide bonds. The van der Waals surface area contributed by atoms with Crippen LogP contribution in [0.25, 0.3) is 0 Å². The molecule has 0 saturated carbocycles. The van der Waals surface area contributed by atoms with E-state index in [-0.39, 0.29) is 6.04 Å². The van der Waals surface area contributed by atoms with Gasteiger partial charge in [0.1, 0.15) is 17.8 Å². The van der Waals surface area contributed by atoms with E-state index in [1.54, 1.807) is 0 Å². The molecule has 0 radical (unpaired) electrons. The lowest BCUT2D eigenvalue weighted by Gasteiger charge is -2.16. The van der Waals surface area contributed by atoms with E-state index in [2.05, 4.69) is 20.4 Å². The fourth-order valence-corrected chi connectivity index (χ4v) is 2.13. The van der Waals surface area contributed by atoms with Crippen LogP contribution in [0.1, 0.15) is 36.9 Å². The first-order chi connectivity index (χ1) is 9.54. The van der Waals surface area contributed by atoms with Crippen LogP contribution in [-0.2, 0) is 0 Å². The van der Waals surface area contributed by atoms with Crippen molar-refractivity contribution in [1.29, 1.82) is 0 Å². The highest BCUT2D eigenvalue weighted by Gasteiger charge is 2.18. The Morgan fingerprint density at radius 1 is 1.40 bits per heavy atom. The molecule has 0 saturated heterocycles. The van der Waals surface area contributed by atoms with Crippen molar-refractivity contribution in [2.24, 2.45) is 0 Å². The highest BCUT2D eigenvalue weighted by atomic mass is 16.5.